The van der Waals surface area contributed by atoms with Gasteiger partial charge >= 0.3 is 0 Å². The van der Waals surface area contributed by atoms with Crippen LogP contribution >= 0.6 is 11.8 Å². The van der Waals surface area contributed by atoms with Gasteiger partial charge in [0, 0.05) is 18.0 Å². The van der Waals surface area contributed by atoms with Gasteiger partial charge < -0.3 is 16.4 Å². The first-order valence-electron chi connectivity index (χ1n) is 9.16. The zero-order valence-corrected chi connectivity index (χ0v) is 15.9. The summed E-state index contributed by atoms with van der Waals surface area (Å²) in [7, 11) is 0. The number of amidine groups is 1. The lowest BCUT2D eigenvalue weighted by molar-refractivity contribution is 0.524. The third-order valence-electron chi connectivity index (χ3n) is 4.67. The van der Waals surface area contributed by atoms with Crippen molar-refractivity contribution in [3.63, 3.8) is 0 Å². The number of nitrogens with zero attached hydrogens (tertiary/aromatic N) is 3. The van der Waals surface area contributed by atoms with Crippen molar-refractivity contribution in [2.75, 3.05) is 13.1 Å². The minimum Gasteiger partial charge on any atom is -0.370 e. The van der Waals surface area contributed by atoms with Crippen LogP contribution in [0.15, 0.2) is 70.6 Å². The van der Waals surface area contributed by atoms with Crippen LogP contribution in [0.25, 0.3) is 10.6 Å². The highest BCUT2D eigenvalue weighted by atomic mass is 32.2. The zero-order chi connectivity index (χ0) is 18.6. The molecule has 2 aromatic rings. The first-order chi connectivity index (χ1) is 13.2. The minimum absolute atomic E-state index is 0.158. The predicted molar refractivity (Wildman–Crippen MR) is 115 cm³/mol. The van der Waals surface area contributed by atoms with Crippen molar-refractivity contribution in [1.82, 2.24) is 4.90 Å². The molecule has 0 saturated heterocycles. The van der Waals surface area contributed by atoms with Gasteiger partial charge in [-0.15, -0.1) is 0 Å². The normalized spacial score (nSPS) is 18.4. The number of thioether (sulfide) groups is 1. The molecule has 2 heterocycles. The number of nitrogens with two attached hydrogens (primary N) is 2. The van der Waals surface area contributed by atoms with Crippen molar-refractivity contribution < 1.29 is 0 Å². The quantitative estimate of drug-likeness (QED) is 0.460. The van der Waals surface area contributed by atoms with E-state index in [4.69, 9.17) is 16.5 Å². The first kappa shape index (κ1) is 17.7. The standard InChI is InChI=1S/C21H23N5S/c22-20(23)24-13-7-12-17-14-26-18(15-8-3-1-4-9-15)19(27-21(26)25-17)16-10-5-2-6-11-16/h1-6,8-11,17H,7,12-14H2,(H4,22,23,24)/t17-/m1/s1. The summed E-state index contributed by atoms with van der Waals surface area (Å²) < 4.78 is 0. The Kier molecular flexibility index (Phi) is 5.16. The molecule has 0 bridgehead atoms. The molecule has 4 rings (SSSR count). The van der Waals surface area contributed by atoms with Crippen molar-refractivity contribution in [3.8, 4) is 0 Å². The third-order valence-corrected chi connectivity index (χ3v) is 5.81. The van der Waals surface area contributed by atoms with E-state index in [0.29, 0.717) is 6.54 Å². The van der Waals surface area contributed by atoms with Crippen LogP contribution in [0.5, 0.6) is 0 Å². The van der Waals surface area contributed by atoms with Gasteiger partial charge in [0.05, 0.1) is 11.7 Å². The molecule has 27 heavy (non-hydrogen) atoms. The van der Waals surface area contributed by atoms with Crippen LogP contribution in [0.3, 0.4) is 0 Å². The summed E-state index contributed by atoms with van der Waals surface area (Å²) in [5.74, 6) is 0.158. The van der Waals surface area contributed by atoms with E-state index in [1.165, 1.54) is 21.7 Å². The average molecular weight is 378 g/mol. The SMILES string of the molecule is NC(N)=NCCC[C@@H]1CN2C(=N1)SC(c1ccccc1)=C2c1ccccc1. The second kappa shape index (κ2) is 7.88. The topological polar surface area (TPSA) is 80.0 Å². The van der Waals surface area contributed by atoms with Crippen LogP contribution in [-0.2, 0) is 0 Å². The molecule has 1 atom stereocenters. The van der Waals surface area contributed by atoms with Crippen LogP contribution < -0.4 is 11.5 Å². The Morgan fingerprint density at radius 3 is 2.37 bits per heavy atom. The lowest BCUT2D eigenvalue weighted by Crippen LogP contribution is -2.24. The maximum Gasteiger partial charge on any atom is 0.185 e. The van der Waals surface area contributed by atoms with E-state index in [9.17, 15) is 0 Å². The number of aliphatic imine (C=N–C) groups is 2. The zero-order valence-electron chi connectivity index (χ0n) is 15.1. The fraction of sp³-hybridized carbons (Fsp3) is 0.238. The van der Waals surface area contributed by atoms with Crippen LogP contribution in [0.2, 0.25) is 0 Å². The van der Waals surface area contributed by atoms with Crippen molar-refractivity contribution >= 4 is 33.5 Å². The molecule has 0 amide bonds. The Bertz CT molecular complexity index is 885. The summed E-state index contributed by atoms with van der Waals surface area (Å²) in [6, 6.07) is 21.4. The molecule has 0 spiro atoms. The predicted octanol–water partition coefficient (Wildman–Crippen LogP) is 3.35. The van der Waals surface area contributed by atoms with E-state index in [2.05, 4.69) is 70.6 Å². The lowest BCUT2D eigenvalue weighted by atomic mass is 10.1. The molecule has 0 radical (unpaired) electrons. The summed E-state index contributed by atoms with van der Waals surface area (Å²) >= 11 is 1.77. The van der Waals surface area contributed by atoms with E-state index in [0.717, 1.165) is 24.6 Å². The Balaban J connectivity index is 1.57. The van der Waals surface area contributed by atoms with Gasteiger partial charge in [0.25, 0.3) is 0 Å². The Morgan fingerprint density at radius 2 is 1.70 bits per heavy atom. The van der Waals surface area contributed by atoms with Gasteiger partial charge in [0.2, 0.25) is 0 Å². The number of benzene rings is 2. The Labute approximate surface area is 163 Å². The minimum atomic E-state index is 0.158. The number of rotatable bonds is 6. The summed E-state index contributed by atoms with van der Waals surface area (Å²) in [4.78, 5) is 12.7. The summed E-state index contributed by atoms with van der Waals surface area (Å²) in [6.45, 7) is 1.57. The molecule has 0 aromatic heterocycles. The molecule has 2 aromatic carbocycles. The number of hydrogen-bond acceptors (Lipinski definition) is 4. The van der Waals surface area contributed by atoms with E-state index < -0.39 is 0 Å². The highest BCUT2D eigenvalue weighted by Gasteiger charge is 2.36. The second-order valence-electron chi connectivity index (χ2n) is 6.64. The summed E-state index contributed by atoms with van der Waals surface area (Å²) in [5.41, 5.74) is 14.5. The molecular weight excluding hydrogens is 354 g/mol. The highest BCUT2D eigenvalue weighted by molar-refractivity contribution is 8.22. The van der Waals surface area contributed by atoms with Gasteiger partial charge in [0.15, 0.2) is 11.1 Å². The highest BCUT2D eigenvalue weighted by Crippen LogP contribution is 2.47. The third kappa shape index (κ3) is 3.85. The first-order valence-corrected chi connectivity index (χ1v) is 9.98. The van der Waals surface area contributed by atoms with Crippen molar-refractivity contribution in [1.29, 1.82) is 0 Å². The summed E-state index contributed by atoms with van der Waals surface area (Å²) in [5, 5.41) is 1.10. The Hall–Kier alpha value is -2.73. The fourth-order valence-corrected chi connectivity index (χ4v) is 4.68. The monoisotopic (exact) mass is 377 g/mol. The maximum atomic E-state index is 5.40. The molecule has 0 aliphatic carbocycles. The van der Waals surface area contributed by atoms with Crippen LogP contribution in [0.4, 0.5) is 0 Å². The molecule has 6 heteroatoms. The second-order valence-corrected chi connectivity index (χ2v) is 7.61. The molecule has 138 valence electrons. The molecular formula is C21H23N5S. The Morgan fingerprint density at radius 1 is 1.04 bits per heavy atom. The van der Waals surface area contributed by atoms with Crippen LogP contribution in [-0.4, -0.2) is 35.2 Å². The molecule has 4 N–H and O–H groups in total. The van der Waals surface area contributed by atoms with E-state index in [1.807, 2.05) is 0 Å². The van der Waals surface area contributed by atoms with Crippen LogP contribution in [0.1, 0.15) is 24.0 Å². The molecule has 0 fully saturated rings. The van der Waals surface area contributed by atoms with Crippen molar-refractivity contribution in [2.24, 2.45) is 21.5 Å². The van der Waals surface area contributed by atoms with E-state index >= 15 is 0 Å². The van der Waals surface area contributed by atoms with Gasteiger partial charge in [0.1, 0.15) is 0 Å². The van der Waals surface area contributed by atoms with Crippen molar-refractivity contribution in [3.05, 3.63) is 71.8 Å². The van der Waals surface area contributed by atoms with Gasteiger partial charge in [-0.2, -0.15) is 0 Å². The van der Waals surface area contributed by atoms with Gasteiger partial charge in [-0.3, -0.25) is 9.98 Å². The molecule has 2 aliphatic rings. The largest absolute Gasteiger partial charge is 0.370 e. The maximum absolute atomic E-state index is 5.40. The average Bonchev–Trinajstić information content (AvgIpc) is 3.24. The van der Waals surface area contributed by atoms with Crippen molar-refractivity contribution in [2.45, 2.75) is 18.9 Å². The fourth-order valence-electron chi connectivity index (χ4n) is 3.45. The van der Waals surface area contributed by atoms with Gasteiger partial charge in [-0.25, -0.2) is 0 Å². The number of hydrogen-bond donors (Lipinski definition) is 2. The number of fused-ring (bicyclic) bond motifs is 1. The number of guanidine groups is 1. The van der Waals surface area contributed by atoms with Gasteiger partial charge in [-0.1, -0.05) is 60.7 Å². The molecule has 0 unspecified atom stereocenters. The molecule has 0 saturated carbocycles. The van der Waals surface area contributed by atoms with E-state index in [1.54, 1.807) is 11.8 Å². The molecule has 2 aliphatic heterocycles. The van der Waals surface area contributed by atoms with Crippen LogP contribution in [0, 0.1) is 0 Å². The lowest BCUT2D eigenvalue weighted by Gasteiger charge is -2.19. The summed E-state index contributed by atoms with van der Waals surface area (Å²) in [6.07, 6.45) is 1.92. The molecule has 5 nitrogen and oxygen atoms in total. The smallest absolute Gasteiger partial charge is 0.185 e. The van der Waals surface area contributed by atoms with E-state index in [-0.39, 0.29) is 12.0 Å². The van der Waals surface area contributed by atoms with Gasteiger partial charge in [-0.05, 0) is 35.7 Å².